The molecule has 0 aliphatic carbocycles. The molecule has 9 heteroatoms. The van der Waals surface area contributed by atoms with Gasteiger partial charge in [-0.15, -0.1) is 11.8 Å². The minimum Gasteiger partial charge on any atom is -0.468 e. The fraction of sp³-hybridized carbons (Fsp3) is 0.333. The predicted octanol–water partition coefficient (Wildman–Crippen LogP) is 0.863. The van der Waals surface area contributed by atoms with E-state index < -0.39 is 12.0 Å². The van der Waals surface area contributed by atoms with Gasteiger partial charge in [-0.25, -0.2) is 0 Å². The number of nitrogens with two attached hydrogens (primary N) is 1. The third-order valence-electron chi connectivity index (χ3n) is 2.59. The molecule has 0 spiro atoms. The van der Waals surface area contributed by atoms with Crippen LogP contribution in [0.3, 0.4) is 0 Å². The summed E-state index contributed by atoms with van der Waals surface area (Å²) in [5, 5.41) is 2.78. The Bertz CT molecular complexity index is 646. The molecule has 1 atom stereocenters. The molecular weight excluding hydrogens is 312 g/mol. The lowest BCUT2D eigenvalue weighted by molar-refractivity contribution is -0.141. The molecule has 0 aliphatic rings. The zero-order valence-electron chi connectivity index (χ0n) is 11.2. The van der Waals surface area contributed by atoms with Crippen LogP contribution in [-0.2, 0) is 14.3 Å². The van der Waals surface area contributed by atoms with Crippen LogP contribution in [0.25, 0.3) is 11.0 Å². The molecule has 1 aromatic carbocycles. The summed E-state index contributed by atoms with van der Waals surface area (Å²) in [5.41, 5.74) is 7.63. The number of thioether (sulfide) groups is 1. The first kappa shape index (κ1) is 15.7. The zero-order chi connectivity index (χ0) is 15.2. The maximum absolute atomic E-state index is 11.9. The topological polar surface area (TPSA) is 107 Å². The summed E-state index contributed by atoms with van der Waals surface area (Å²) in [7, 11) is 1.28. The number of nitrogens with one attached hydrogen (secondary N) is 1. The van der Waals surface area contributed by atoms with E-state index in [1.807, 2.05) is 6.07 Å². The van der Waals surface area contributed by atoms with Gasteiger partial charge in [0.2, 0.25) is 5.91 Å². The van der Waals surface area contributed by atoms with Crippen LogP contribution >= 0.6 is 23.5 Å². The predicted molar refractivity (Wildman–Crippen MR) is 83.4 cm³/mol. The van der Waals surface area contributed by atoms with E-state index in [4.69, 9.17) is 5.73 Å². The second kappa shape index (κ2) is 7.34. The van der Waals surface area contributed by atoms with Crippen molar-refractivity contribution in [1.82, 2.24) is 8.75 Å². The van der Waals surface area contributed by atoms with Crippen molar-refractivity contribution in [3.05, 3.63) is 18.2 Å². The van der Waals surface area contributed by atoms with Crippen molar-refractivity contribution in [2.24, 2.45) is 5.73 Å². The fourth-order valence-corrected chi connectivity index (χ4v) is 2.91. The quantitative estimate of drug-likeness (QED) is 0.758. The SMILES string of the molecule is COC(=O)C(N)CSCC(=O)Nc1cccc2nsnc12. The number of hydrogen-bond acceptors (Lipinski definition) is 8. The van der Waals surface area contributed by atoms with Gasteiger partial charge in [-0.2, -0.15) is 8.75 Å². The summed E-state index contributed by atoms with van der Waals surface area (Å²) in [6.45, 7) is 0. The number of aromatic nitrogens is 2. The first-order valence-electron chi connectivity index (χ1n) is 6.04. The molecule has 3 N–H and O–H groups in total. The standard InChI is InChI=1S/C12H14N4O3S2/c1-19-12(18)7(13)5-20-6-10(17)14-8-3-2-4-9-11(8)16-21-15-9/h2-4,7H,5-6,13H2,1H3,(H,14,17). The van der Waals surface area contributed by atoms with Gasteiger partial charge >= 0.3 is 5.97 Å². The van der Waals surface area contributed by atoms with Gasteiger partial charge in [-0.05, 0) is 12.1 Å². The smallest absolute Gasteiger partial charge is 0.323 e. The number of amides is 1. The van der Waals surface area contributed by atoms with Crippen LogP contribution in [0.2, 0.25) is 0 Å². The van der Waals surface area contributed by atoms with Crippen LogP contribution in [0.4, 0.5) is 5.69 Å². The first-order chi connectivity index (χ1) is 10.1. The van der Waals surface area contributed by atoms with Gasteiger partial charge < -0.3 is 15.8 Å². The summed E-state index contributed by atoms with van der Waals surface area (Å²) in [4.78, 5) is 23.0. The molecule has 112 valence electrons. The minimum absolute atomic E-state index is 0.183. The van der Waals surface area contributed by atoms with Gasteiger partial charge in [0.25, 0.3) is 0 Å². The Balaban J connectivity index is 1.85. The average molecular weight is 326 g/mol. The molecular formula is C12H14N4O3S2. The van der Waals surface area contributed by atoms with E-state index in [1.165, 1.54) is 18.9 Å². The maximum atomic E-state index is 11.9. The monoisotopic (exact) mass is 326 g/mol. The molecule has 1 amide bonds. The van der Waals surface area contributed by atoms with E-state index in [9.17, 15) is 9.59 Å². The lowest BCUT2D eigenvalue weighted by atomic mass is 10.2. The molecule has 2 aromatic rings. The van der Waals surface area contributed by atoms with Crippen molar-refractivity contribution in [3.8, 4) is 0 Å². The Labute approximate surface area is 129 Å². The lowest BCUT2D eigenvalue weighted by Crippen LogP contribution is -2.34. The Kier molecular flexibility index (Phi) is 5.48. The highest BCUT2D eigenvalue weighted by atomic mass is 32.2. The van der Waals surface area contributed by atoms with Gasteiger partial charge in [0.1, 0.15) is 17.1 Å². The van der Waals surface area contributed by atoms with Crippen LogP contribution in [0.15, 0.2) is 18.2 Å². The molecule has 0 saturated heterocycles. The highest BCUT2D eigenvalue weighted by Gasteiger charge is 2.14. The third-order valence-corrected chi connectivity index (χ3v) is 4.20. The van der Waals surface area contributed by atoms with Crippen LogP contribution in [0.5, 0.6) is 0 Å². The number of benzene rings is 1. The van der Waals surface area contributed by atoms with Crippen LogP contribution < -0.4 is 11.1 Å². The maximum Gasteiger partial charge on any atom is 0.323 e. The number of nitrogens with zero attached hydrogens (tertiary/aromatic N) is 2. The van der Waals surface area contributed by atoms with Crippen molar-refractivity contribution in [3.63, 3.8) is 0 Å². The molecule has 0 fully saturated rings. The van der Waals surface area contributed by atoms with Gasteiger partial charge in [0.15, 0.2) is 0 Å². The van der Waals surface area contributed by atoms with Crippen molar-refractivity contribution < 1.29 is 14.3 Å². The molecule has 1 unspecified atom stereocenters. The average Bonchev–Trinajstić information content (AvgIpc) is 2.95. The first-order valence-corrected chi connectivity index (χ1v) is 7.92. The van der Waals surface area contributed by atoms with Crippen LogP contribution in [0, 0.1) is 0 Å². The number of carbonyl (C=O) groups is 2. The molecule has 0 saturated carbocycles. The number of carbonyl (C=O) groups excluding carboxylic acids is 2. The van der Waals surface area contributed by atoms with E-state index >= 15 is 0 Å². The van der Waals surface area contributed by atoms with E-state index in [0.717, 1.165) is 17.2 Å². The van der Waals surface area contributed by atoms with Crippen molar-refractivity contribution in [1.29, 1.82) is 0 Å². The number of rotatable bonds is 6. The Morgan fingerprint density at radius 2 is 2.29 bits per heavy atom. The summed E-state index contributed by atoms with van der Waals surface area (Å²) in [6.07, 6.45) is 0. The third kappa shape index (κ3) is 4.13. The number of fused-ring (bicyclic) bond motifs is 1. The van der Waals surface area contributed by atoms with Gasteiger partial charge in [0.05, 0.1) is 30.3 Å². The number of methoxy groups -OCH3 is 1. The molecule has 0 aliphatic heterocycles. The van der Waals surface area contributed by atoms with Gasteiger partial charge in [0, 0.05) is 5.75 Å². The molecule has 1 heterocycles. The summed E-state index contributed by atoms with van der Waals surface area (Å²) in [6, 6.07) is 4.68. The van der Waals surface area contributed by atoms with E-state index in [0.29, 0.717) is 17.0 Å². The Morgan fingerprint density at radius 3 is 3.05 bits per heavy atom. The number of anilines is 1. The molecule has 2 rings (SSSR count). The van der Waals surface area contributed by atoms with E-state index in [-0.39, 0.29) is 11.7 Å². The Morgan fingerprint density at radius 1 is 1.48 bits per heavy atom. The van der Waals surface area contributed by atoms with Crippen molar-refractivity contribution in [2.45, 2.75) is 6.04 Å². The van der Waals surface area contributed by atoms with Gasteiger partial charge in [-0.3, -0.25) is 9.59 Å². The lowest BCUT2D eigenvalue weighted by Gasteiger charge is -2.09. The second-order valence-electron chi connectivity index (χ2n) is 4.13. The molecule has 21 heavy (non-hydrogen) atoms. The summed E-state index contributed by atoms with van der Waals surface area (Å²) in [5.74, 6) is -0.153. The van der Waals surface area contributed by atoms with Crippen molar-refractivity contribution >= 4 is 52.1 Å². The highest BCUT2D eigenvalue weighted by molar-refractivity contribution is 8.00. The second-order valence-corrected chi connectivity index (χ2v) is 5.69. The van der Waals surface area contributed by atoms with E-state index in [2.05, 4.69) is 18.8 Å². The zero-order valence-corrected chi connectivity index (χ0v) is 12.9. The molecule has 1 aromatic heterocycles. The normalized spacial score (nSPS) is 12.1. The molecule has 0 radical (unpaired) electrons. The molecule has 7 nitrogen and oxygen atoms in total. The Hall–Kier alpha value is -1.71. The molecule has 0 bridgehead atoms. The largest absolute Gasteiger partial charge is 0.468 e. The number of hydrogen-bond donors (Lipinski definition) is 2. The van der Waals surface area contributed by atoms with Crippen molar-refractivity contribution in [2.75, 3.05) is 23.9 Å². The van der Waals surface area contributed by atoms with Gasteiger partial charge in [-0.1, -0.05) is 6.07 Å². The van der Waals surface area contributed by atoms with E-state index in [1.54, 1.807) is 12.1 Å². The summed E-state index contributed by atoms with van der Waals surface area (Å²) >= 11 is 2.37. The highest BCUT2D eigenvalue weighted by Crippen LogP contribution is 2.21. The summed E-state index contributed by atoms with van der Waals surface area (Å²) < 4.78 is 12.8. The number of ether oxygens (including phenoxy) is 1. The van der Waals surface area contributed by atoms with Crippen LogP contribution in [-0.4, -0.2) is 45.3 Å². The number of esters is 1. The van der Waals surface area contributed by atoms with Crippen LogP contribution in [0.1, 0.15) is 0 Å². The minimum atomic E-state index is -0.723. The fourth-order valence-electron chi connectivity index (χ4n) is 1.59.